The van der Waals surface area contributed by atoms with E-state index in [0.717, 1.165) is 0 Å². The summed E-state index contributed by atoms with van der Waals surface area (Å²) >= 11 is 5.70. The molecule has 0 radical (unpaired) electrons. The fourth-order valence-corrected chi connectivity index (χ4v) is 6.42. The number of hydrogen-bond acceptors (Lipinski definition) is 12. The van der Waals surface area contributed by atoms with Crippen molar-refractivity contribution in [1.82, 2.24) is 24.6 Å². The van der Waals surface area contributed by atoms with E-state index in [1.165, 1.54) is 17.8 Å². The van der Waals surface area contributed by atoms with Crippen molar-refractivity contribution in [3.63, 3.8) is 0 Å². The molecule has 1 unspecified atom stereocenters. The molecule has 1 aromatic carbocycles. The molecule has 2 aromatic heterocycles. The third-order valence-electron chi connectivity index (χ3n) is 5.89. The van der Waals surface area contributed by atoms with Gasteiger partial charge in [-0.2, -0.15) is 4.98 Å². The fraction of sp³-hybridized carbons (Fsp3) is 0.478. The monoisotopic (exact) mass is 582 g/mol. The van der Waals surface area contributed by atoms with Crippen LogP contribution < -0.4 is 20.9 Å². The minimum absolute atomic E-state index is 0.0176. The predicted molar refractivity (Wildman–Crippen MR) is 144 cm³/mol. The number of ether oxygens (including phenoxy) is 2. The summed E-state index contributed by atoms with van der Waals surface area (Å²) in [6.45, 7) is 2.63. The van der Waals surface area contributed by atoms with Crippen molar-refractivity contribution in [1.29, 1.82) is 0 Å². The number of nitrogen functional groups attached to an aromatic ring is 1. The molecule has 1 aliphatic heterocycles. The molecule has 4 rings (SSSR count). The zero-order valence-electron chi connectivity index (χ0n) is 21.7. The Morgan fingerprint density at radius 2 is 2.05 bits per heavy atom. The molecule has 1 saturated heterocycles. The molecule has 1 fully saturated rings. The summed E-state index contributed by atoms with van der Waals surface area (Å²) in [5.41, 5.74) is 3.30. The fourth-order valence-electron chi connectivity index (χ4n) is 4.00. The van der Waals surface area contributed by atoms with E-state index in [0.29, 0.717) is 5.75 Å². The standard InChI is InChI=1S/C23H31N6O8PS/c1-12(2)35-20(32)13(3)28-38(39,37-14-8-6-5-7-9-14)34-10-15-17(30)23(4,33)21(36-15)29-11-25-16-18(29)26-22(24)27-19(16)31/h5-9,11-13,15,17,21,30,33H,10H2,1-4H3,(H,28,39)(H3,24,26,27,31)/t13-,15+,17+,21+,23+,38?/m0/s1. The second kappa shape index (κ2) is 11.3. The zero-order valence-corrected chi connectivity index (χ0v) is 23.4. The quantitative estimate of drug-likeness (QED) is 0.168. The van der Waals surface area contributed by atoms with Crippen LogP contribution in [0.25, 0.3) is 11.2 Å². The van der Waals surface area contributed by atoms with Gasteiger partial charge in [-0.1, -0.05) is 18.2 Å². The van der Waals surface area contributed by atoms with Crippen LogP contribution in [0.3, 0.4) is 0 Å². The topological polar surface area (TPSA) is 196 Å². The number of nitrogens with zero attached hydrogens (tertiary/aromatic N) is 3. The minimum Gasteiger partial charge on any atom is -0.462 e. The molecule has 0 amide bonds. The number of imidazole rings is 1. The Morgan fingerprint density at radius 3 is 2.72 bits per heavy atom. The molecule has 0 saturated carbocycles. The Kier molecular flexibility index (Phi) is 8.42. The highest BCUT2D eigenvalue weighted by molar-refractivity contribution is 8.09. The average Bonchev–Trinajstić information content (AvgIpc) is 3.36. The lowest BCUT2D eigenvalue weighted by molar-refractivity contribution is -0.149. The number of aromatic amines is 1. The van der Waals surface area contributed by atoms with E-state index in [2.05, 4.69) is 20.0 Å². The number of carbonyl (C=O) groups excluding carboxylic acids is 1. The van der Waals surface area contributed by atoms with E-state index in [-0.39, 0.29) is 29.8 Å². The lowest BCUT2D eigenvalue weighted by atomic mass is 9.96. The van der Waals surface area contributed by atoms with Crippen LogP contribution in [0.1, 0.15) is 33.9 Å². The Hall–Kier alpha value is -2.91. The van der Waals surface area contributed by atoms with Crippen molar-refractivity contribution in [2.45, 2.75) is 63.9 Å². The molecule has 3 heterocycles. The van der Waals surface area contributed by atoms with Crippen molar-refractivity contribution in [2.24, 2.45) is 0 Å². The molecule has 3 aromatic rings. The van der Waals surface area contributed by atoms with Gasteiger partial charge in [0.05, 0.1) is 19.0 Å². The van der Waals surface area contributed by atoms with Gasteiger partial charge in [0.15, 0.2) is 17.4 Å². The third-order valence-corrected chi connectivity index (χ3v) is 8.39. The van der Waals surface area contributed by atoms with Gasteiger partial charge in [0, 0.05) is 0 Å². The van der Waals surface area contributed by atoms with Gasteiger partial charge in [0.1, 0.15) is 29.6 Å². The maximum atomic E-state index is 12.4. The van der Waals surface area contributed by atoms with Gasteiger partial charge in [-0.3, -0.25) is 19.1 Å². The number of aliphatic hydroxyl groups excluding tert-OH is 1. The van der Waals surface area contributed by atoms with E-state index in [1.807, 2.05) is 0 Å². The number of aliphatic hydroxyl groups is 2. The molecule has 1 aliphatic rings. The Bertz CT molecular complexity index is 1430. The molecule has 6 atom stereocenters. The van der Waals surface area contributed by atoms with Crippen LogP contribution in [0.4, 0.5) is 5.95 Å². The van der Waals surface area contributed by atoms with E-state index in [4.69, 9.17) is 36.1 Å². The van der Waals surface area contributed by atoms with Crippen LogP contribution in [-0.2, 0) is 30.6 Å². The van der Waals surface area contributed by atoms with Crippen LogP contribution in [0.15, 0.2) is 41.5 Å². The van der Waals surface area contributed by atoms with E-state index < -0.39 is 48.2 Å². The SMILES string of the molecule is CC(C)OC(=O)[C@H](C)NP(=S)(OC[C@H]1O[C@@H](n2cnc3c(=O)[nH]c(N)nc32)[C@](C)(O)[C@@H]1O)Oc1ccccc1. The number of aromatic nitrogens is 4. The minimum atomic E-state index is -3.43. The molecule has 0 bridgehead atoms. The first-order chi connectivity index (χ1) is 18.3. The van der Waals surface area contributed by atoms with Crippen LogP contribution in [0.5, 0.6) is 5.75 Å². The van der Waals surface area contributed by atoms with Gasteiger partial charge in [-0.25, -0.2) is 10.1 Å². The summed E-state index contributed by atoms with van der Waals surface area (Å²) < 4.78 is 24.5. The van der Waals surface area contributed by atoms with Crippen LogP contribution in [0, 0.1) is 0 Å². The number of benzene rings is 1. The highest BCUT2D eigenvalue weighted by Crippen LogP contribution is 2.47. The molecule has 212 valence electrons. The van der Waals surface area contributed by atoms with Gasteiger partial charge < -0.3 is 34.5 Å². The summed E-state index contributed by atoms with van der Waals surface area (Å²) in [5, 5.41) is 25.1. The van der Waals surface area contributed by atoms with Crippen LogP contribution in [0.2, 0.25) is 0 Å². The highest BCUT2D eigenvalue weighted by Gasteiger charge is 2.54. The molecule has 39 heavy (non-hydrogen) atoms. The van der Waals surface area contributed by atoms with E-state index in [9.17, 15) is 19.8 Å². The van der Waals surface area contributed by atoms with Gasteiger partial charge in [0.25, 0.3) is 5.56 Å². The van der Waals surface area contributed by atoms with Crippen molar-refractivity contribution in [3.8, 4) is 5.75 Å². The second-order valence-electron chi connectivity index (χ2n) is 9.51. The van der Waals surface area contributed by atoms with Gasteiger partial charge >= 0.3 is 12.6 Å². The molecule has 0 aliphatic carbocycles. The number of fused-ring (bicyclic) bond motifs is 1. The number of esters is 1. The van der Waals surface area contributed by atoms with Crippen molar-refractivity contribution < 1.29 is 33.5 Å². The van der Waals surface area contributed by atoms with E-state index >= 15 is 0 Å². The molecular formula is C23H31N6O8PS. The number of H-pyrrole nitrogens is 1. The Labute approximate surface area is 228 Å². The number of para-hydroxylation sites is 1. The number of anilines is 1. The first kappa shape index (κ1) is 29.1. The number of nitrogens with two attached hydrogens (primary N) is 1. The summed E-state index contributed by atoms with van der Waals surface area (Å²) in [4.78, 5) is 35.1. The molecule has 0 spiro atoms. The summed E-state index contributed by atoms with van der Waals surface area (Å²) in [6, 6.07) is 7.77. The number of rotatable bonds is 10. The van der Waals surface area contributed by atoms with Crippen molar-refractivity contribution in [3.05, 3.63) is 47.0 Å². The maximum Gasteiger partial charge on any atom is 0.323 e. The number of carbonyl (C=O) groups is 1. The number of nitrogens with one attached hydrogen (secondary N) is 2. The maximum absolute atomic E-state index is 12.4. The predicted octanol–water partition coefficient (Wildman–Crippen LogP) is 0.961. The molecule has 16 heteroatoms. The summed E-state index contributed by atoms with van der Waals surface area (Å²) in [6.07, 6.45) is -2.84. The van der Waals surface area contributed by atoms with Crippen LogP contribution >= 0.6 is 6.64 Å². The summed E-state index contributed by atoms with van der Waals surface area (Å²) in [7, 11) is 0. The summed E-state index contributed by atoms with van der Waals surface area (Å²) in [5.74, 6) is -0.301. The third kappa shape index (κ3) is 6.30. The van der Waals surface area contributed by atoms with Crippen LogP contribution in [-0.4, -0.2) is 72.3 Å². The van der Waals surface area contributed by atoms with Gasteiger partial charge in [0.2, 0.25) is 5.95 Å². The van der Waals surface area contributed by atoms with E-state index in [1.54, 1.807) is 51.1 Å². The highest BCUT2D eigenvalue weighted by atomic mass is 32.5. The largest absolute Gasteiger partial charge is 0.462 e. The smallest absolute Gasteiger partial charge is 0.323 e. The lowest BCUT2D eigenvalue weighted by Crippen LogP contribution is -2.44. The molecular weight excluding hydrogens is 551 g/mol. The Morgan fingerprint density at radius 1 is 1.36 bits per heavy atom. The van der Waals surface area contributed by atoms with Gasteiger partial charge in [-0.15, -0.1) is 0 Å². The zero-order chi connectivity index (χ0) is 28.5. The molecule has 6 N–H and O–H groups in total. The van der Waals surface area contributed by atoms with Crippen molar-refractivity contribution in [2.75, 3.05) is 12.3 Å². The Balaban J connectivity index is 1.56. The second-order valence-corrected chi connectivity index (χ2v) is 12.6. The normalized spacial score (nSPS) is 25.5. The first-order valence-electron chi connectivity index (χ1n) is 12.1. The average molecular weight is 583 g/mol. The van der Waals surface area contributed by atoms with Crippen molar-refractivity contribution >= 4 is 41.5 Å². The first-order valence-corrected chi connectivity index (χ1v) is 14.7. The van der Waals surface area contributed by atoms with Gasteiger partial charge in [-0.05, 0) is 51.6 Å². The lowest BCUT2D eigenvalue weighted by Gasteiger charge is -2.28. The molecule has 14 nitrogen and oxygen atoms in total. The number of hydrogen-bond donors (Lipinski definition) is 5.